The first-order valence-electron chi connectivity index (χ1n) is 14.2. The topological polar surface area (TPSA) is 92.7 Å². The molecule has 0 radical (unpaired) electrons. The number of amides is 1. The van der Waals surface area contributed by atoms with Gasteiger partial charge < -0.3 is 10.7 Å². The number of piperazine rings is 1. The largest absolute Gasteiger partial charge is 0.328 e. The Morgan fingerprint density at radius 2 is 1.82 bits per heavy atom. The fraction of sp³-hybridized carbons (Fsp3) is 0.613. The second kappa shape index (κ2) is 26.4. The van der Waals surface area contributed by atoms with Crippen LogP contribution in [0.2, 0.25) is 0 Å². The van der Waals surface area contributed by atoms with Crippen molar-refractivity contribution in [2.24, 2.45) is 11.6 Å². The molecule has 39 heavy (non-hydrogen) atoms. The summed E-state index contributed by atoms with van der Waals surface area (Å²) >= 11 is 7.46. The highest BCUT2D eigenvalue weighted by Crippen LogP contribution is 2.32. The number of carbonyl (C=O) groups is 2. The van der Waals surface area contributed by atoms with E-state index in [2.05, 4.69) is 45.8 Å². The average molecular weight is 585 g/mol. The molecular weight excluding hydrogens is 528 g/mol. The molecular formula is C31H57ClN4O2S. The maximum atomic E-state index is 13.3. The van der Waals surface area contributed by atoms with Gasteiger partial charge in [0.05, 0.1) is 6.54 Å². The first kappa shape index (κ1) is 41.7. The van der Waals surface area contributed by atoms with Crippen LogP contribution in [0.5, 0.6) is 0 Å². The number of allylic oxidation sites excluding steroid dienone is 6. The molecule has 1 amide bonds. The Morgan fingerprint density at radius 3 is 2.23 bits per heavy atom. The molecule has 4 N–H and O–H groups in total. The lowest BCUT2D eigenvalue weighted by atomic mass is 9.90. The van der Waals surface area contributed by atoms with Crippen LogP contribution in [0.4, 0.5) is 0 Å². The van der Waals surface area contributed by atoms with Crippen LogP contribution in [-0.4, -0.2) is 51.4 Å². The molecule has 2 unspecified atom stereocenters. The van der Waals surface area contributed by atoms with Crippen LogP contribution < -0.4 is 11.6 Å². The average Bonchev–Trinajstić information content (AvgIpc) is 2.88. The fourth-order valence-electron chi connectivity index (χ4n) is 3.27. The number of alkyl halides is 1. The second-order valence-electron chi connectivity index (χ2n) is 8.98. The van der Waals surface area contributed by atoms with Gasteiger partial charge in [-0.05, 0) is 57.6 Å². The molecule has 6 nitrogen and oxygen atoms in total. The zero-order chi connectivity index (χ0) is 30.9. The van der Waals surface area contributed by atoms with Gasteiger partial charge in [-0.2, -0.15) is 0 Å². The molecule has 8 heteroatoms. The molecule has 0 aromatic carbocycles. The molecule has 2 atom stereocenters. The molecule has 1 saturated heterocycles. The number of nitrogens with two attached hydrogens (primary N) is 2. The van der Waals surface area contributed by atoms with Crippen molar-refractivity contribution in [1.82, 2.24) is 9.91 Å². The van der Waals surface area contributed by atoms with Crippen molar-refractivity contribution in [1.29, 1.82) is 0 Å². The van der Waals surface area contributed by atoms with Crippen LogP contribution in [0.3, 0.4) is 0 Å². The van der Waals surface area contributed by atoms with Crippen LogP contribution in [0.1, 0.15) is 94.4 Å². The van der Waals surface area contributed by atoms with Crippen molar-refractivity contribution in [3.8, 4) is 0 Å². The van der Waals surface area contributed by atoms with E-state index in [0.29, 0.717) is 29.7 Å². The van der Waals surface area contributed by atoms with Gasteiger partial charge >= 0.3 is 0 Å². The number of rotatable bonds is 12. The molecule has 0 aromatic rings. The third-order valence-corrected chi connectivity index (χ3v) is 6.17. The van der Waals surface area contributed by atoms with Crippen molar-refractivity contribution in [3.63, 3.8) is 0 Å². The van der Waals surface area contributed by atoms with Gasteiger partial charge in [0, 0.05) is 23.4 Å². The van der Waals surface area contributed by atoms with Crippen LogP contribution in [-0.2, 0) is 9.59 Å². The van der Waals surface area contributed by atoms with Gasteiger partial charge in [-0.3, -0.25) is 14.5 Å². The molecule has 1 aliphatic heterocycles. The van der Waals surface area contributed by atoms with Crippen LogP contribution in [0.15, 0.2) is 59.8 Å². The summed E-state index contributed by atoms with van der Waals surface area (Å²) in [5, 5.41) is 3.44. The molecule has 0 spiro atoms. The quantitative estimate of drug-likeness (QED) is 0.0801. The number of hydrogen-bond acceptors (Lipinski definition) is 6. The Hall–Kier alpha value is -1.80. The van der Waals surface area contributed by atoms with Gasteiger partial charge in [0.25, 0.3) is 5.91 Å². The molecule has 0 aliphatic carbocycles. The predicted octanol–water partition coefficient (Wildman–Crippen LogP) is 7.72. The number of hydrogen-bond donors (Lipinski definition) is 2. The number of ketones is 1. The molecule has 0 saturated carbocycles. The zero-order valence-corrected chi connectivity index (χ0v) is 27.7. The maximum Gasteiger partial charge on any atom is 0.276 e. The second-order valence-corrected chi connectivity index (χ2v) is 10.3. The van der Waals surface area contributed by atoms with Crippen LogP contribution in [0, 0.1) is 0 Å². The van der Waals surface area contributed by atoms with Crippen molar-refractivity contribution < 1.29 is 9.59 Å². The Bertz CT molecular complexity index is 793. The molecule has 1 aliphatic rings. The van der Waals surface area contributed by atoms with E-state index < -0.39 is 5.54 Å². The molecule has 0 aromatic heterocycles. The summed E-state index contributed by atoms with van der Waals surface area (Å²) in [6, 6.07) is 0.398. The Balaban J connectivity index is -0.00000100. The summed E-state index contributed by atoms with van der Waals surface area (Å²) < 4.78 is 0. The minimum absolute atomic E-state index is 0.148. The van der Waals surface area contributed by atoms with Crippen molar-refractivity contribution in [3.05, 3.63) is 59.8 Å². The third-order valence-electron chi connectivity index (χ3n) is 5.13. The summed E-state index contributed by atoms with van der Waals surface area (Å²) in [5.41, 5.74) is 5.25. The third kappa shape index (κ3) is 17.5. The lowest BCUT2D eigenvalue weighted by Crippen LogP contribution is -2.66. The van der Waals surface area contributed by atoms with Gasteiger partial charge in [0.1, 0.15) is 11.2 Å². The first-order chi connectivity index (χ1) is 18.5. The zero-order valence-electron chi connectivity index (χ0n) is 26.1. The van der Waals surface area contributed by atoms with E-state index in [1.165, 1.54) is 29.7 Å². The van der Waals surface area contributed by atoms with Crippen molar-refractivity contribution in [2.75, 3.05) is 18.2 Å². The summed E-state index contributed by atoms with van der Waals surface area (Å²) in [6.45, 7) is 21.6. The highest BCUT2D eigenvalue weighted by atomic mass is 35.5. The number of thioether (sulfide) groups is 1. The van der Waals surface area contributed by atoms with Gasteiger partial charge in [0.2, 0.25) is 0 Å². The smallest absolute Gasteiger partial charge is 0.276 e. The van der Waals surface area contributed by atoms with E-state index in [4.69, 9.17) is 23.2 Å². The van der Waals surface area contributed by atoms with Crippen LogP contribution >= 0.6 is 23.4 Å². The van der Waals surface area contributed by atoms with Gasteiger partial charge in [-0.25, -0.2) is 5.84 Å². The Kier molecular flexibility index (Phi) is 28.2. The molecule has 1 fully saturated rings. The Morgan fingerprint density at radius 1 is 1.23 bits per heavy atom. The molecule has 226 valence electrons. The summed E-state index contributed by atoms with van der Waals surface area (Å²) in [6.07, 6.45) is 15.9. The van der Waals surface area contributed by atoms with E-state index >= 15 is 0 Å². The highest BCUT2D eigenvalue weighted by Gasteiger charge is 2.48. The van der Waals surface area contributed by atoms with Crippen LogP contribution in [0.25, 0.3) is 0 Å². The van der Waals surface area contributed by atoms with E-state index in [0.717, 1.165) is 18.6 Å². The van der Waals surface area contributed by atoms with E-state index in [1.54, 1.807) is 43.0 Å². The van der Waals surface area contributed by atoms with E-state index in [-0.39, 0.29) is 18.2 Å². The first-order valence-corrected chi connectivity index (χ1v) is 15.8. The predicted molar refractivity (Wildman–Crippen MR) is 175 cm³/mol. The number of nitrogens with zero attached hydrogens (tertiary/aromatic N) is 2. The Labute approximate surface area is 249 Å². The van der Waals surface area contributed by atoms with E-state index in [1.807, 2.05) is 26.8 Å². The highest BCUT2D eigenvalue weighted by molar-refractivity contribution is 8.02. The number of carbonyl (C=O) groups excluding carboxylic acids is 2. The minimum atomic E-state index is -1.09. The van der Waals surface area contributed by atoms with E-state index in [9.17, 15) is 9.59 Å². The minimum Gasteiger partial charge on any atom is -0.328 e. The molecule has 1 heterocycles. The number of hydrazine groups is 1. The SMILES string of the molecule is C=C/C=C(\C=C/CCl)N1C(=O)/C(=C/CCS/C=C\CC)N(N)CC1(C)C(C)=O.CC.CCC.CCCC(C)N. The maximum absolute atomic E-state index is 13.3. The monoisotopic (exact) mass is 584 g/mol. The summed E-state index contributed by atoms with van der Waals surface area (Å²) in [7, 11) is 0. The van der Waals surface area contributed by atoms with Gasteiger partial charge in [-0.15, -0.1) is 23.4 Å². The van der Waals surface area contributed by atoms with Crippen molar-refractivity contribution in [2.45, 2.75) is 106 Å². The normalized spacial score (nSPS) is 19.1. The number of Topliss-reactive ketones (excluding diaryl/α,β-unsaturated/α-hetero) is 1. The molecule has 0 bridgehead atoms. The lowest BCUT2D eigenvalue weighted by Gasteiger charge is -2.47. The fourth-order valence-corrected chi connectivity index (χ4v) is 4.07. The lowest BCUT2D eigenvalue weighted by molar-refractivity contribution is -0.145. The number of halogens is 1. The molecule has 1 rings (SSSR count). The summed E-state index contributed by atoms with van der Waals surface area (Å²) in [5.74, 6) is 6.82. The standard InChI is InChI=1S/C21H30ClN3O2S.C5H13N.C3H8.C2H6/c1-5-7-14-28-15-9-12-19-20(27)25(18(10-6-2)11-8-13-22)21(4,17(3)26)16-24(19)23;1-3-4-5(2)6;1-3-2;1-2/h6-8,10-12,14H,2,5,9,13,15-16,23H2,1,3-4H3;5H,3-4,6H2,1-2H3;3H2,1-2H3;1-2H3/b11-8-,14-7-,18-10+,19-12-;;;. The van der Waals surface area contributed by atoms with Gasteiger partial charge in [-0.1, -0.05) is 85.3 Å². The van der Waals surface area contributed by atoms with Gasteiger partial charge in [0.15, 0.2) is 5.78 Å². The summed E-state index contributed by atoms with van der Waals surface area (Å²) in [4.78, 5) is 27.3. The van der Waals surface area contributed by atoms with Crippen molar-refractivity contribution >= 4 is 35.1 Å².